The standard InChI is InChI=1S/C14H17IN4O5S/c1-8-15-9(2)17-13(16-8)18-14(21)19-25(22,23)11-7-5-4-6-10(11)12(20)24-3/h4-8H,1-3H3,(H3,16,17,18,19,21). The number of carbonyl (C=O) groups is 2. The molecule has 136 valence electrons. The summed E-state index contributed by atoms with van der Waals surface area (Å²) in [5, 5.41) is 5.28. The van der Waals surface area contributed by atoms with Crippen molar-refractivity contribution in [2.75, 3.05) is 7.11 Å². The van der Waals surface area contributed by atoms with Gasteiger partial charge in [-0.2, -0.15) is 0 Å². The largest absolute Gasteiger partial charge is 0.465 e. The second-order valence-corrected chi connectivity index (χ2v) is 10.6. The molecule has 1 unspecified atom stereocenters. The number of benzene rings is 1. The molecule has 0 aromatic heterocycles. The van der Waals surface area contributed by atoms with E-state index in [9.17, 15) is 18.0 Å². The molecule has 1 heterocycles. The van der Waals surface area contributed by atoms with Crippen LogP contribution in [0.5, 0.6) is 0 Å². The second-order valence-electron chi connectivity index (χ2n) is 4.87. The van der Waals surface area contributed by atoms with Crippen LogP contribution in [0.3, 0.4) is 0 Å². The number of methoxy groups -OCH3 is 1. The first-order valence-corrected chi connectivity index (χ1v) is 10.9. The van der Waals surface area contributed by atoms with E-state index in [0.29, 0.717) is 0 Å². The number of carbonyl (C=O) groups excluding carboxylic acids is 2. The first-order chi connectivity index (χ1) is 11.7. The van der Waals surface area contributed by atoms with Gasteiger partial charge in [-0.25, -0.2) is 27.7 Å². The van der Waals surface area contributed by atoms with Gasteiger partial charge >= 0.3 is 12.0 Å². The number of nitrogens with zero attached hydrogens (tertiary/aromatic N) is 1. The van der Waals surface area contributed by atoms with E-state index in [1.54, 1.807) is 0 Å². The zero-order chi connectivity index (χ0) is 18.6. The molecule has 9 nitrogen and oxygen atoms in total. The van der Waals surface area contributed by atoms with E-state index in [-0.39, 0.29) is 41.2 Å². The minimum Gasteiger partial charge on any atom is -0.465 e. The number of sulfonamides is 1. The summed E-state index contributed by atoms with van der Waals surface area (Å²) in [7, 11) is -3.13. The fourth-order valence-electron chi connectivity index (χ4n) is 2.02. The zero-order valence-corrected chi connectivity index (χ0v) is 16.6. The van der Waals surface area contributed by atoms with Crippen LogP contribution in [0, 0.1) is 0 Å². The Morgan fingerprint density at radius 1 is 1.32 bits per heavy atom. The van der Waals surface area contributed by atoms with Gasteiger partial charge in [0, 0.05) is 3.63 Å². The Kier molecular flexibility index (Phi) is 6.11. The lowest BCUT2D eigenvalue weighted by molar-refractivity contribution is 0.0596. The maximum atomic E-state index is 12.4. The Morgan fingerprint density at radius 2 is 2.00 bits per heavy atom. The van der Waals surface area contributed by atoms with Crippen molar-refractivity contribution in [1.29, 1.82) is 0 Å². The fourth-order valence-corrected chi connectivity index (χ4v) is 5.30. The van der Waals surface area contributed by atoms with Crippen LogP contribution in [0.4, 0.5) is 4.79 Å². The SMILES string of the molecule is COC(=O)c1ccccc1S(=O)(=O)NC(=O)NC1=NC(C)I=C(C)N1. The number of amides is 2. The summed E-state index contributed by atoms with van der Waals surface area (Å²) in [6.07, 6.45) is 0. The minimum atomic E-state index is -4.27. The third-order valence-electron chi connectivity index (χ3n) is 2.96. The molecule has 0 fully saturated rings. The Hall–Kier alpha value is -2.02. The predicted octanol–water partition coefficient (Wildman–Crippen LogP) is 0.887. The lowest BCUT2D eigenvalue weighted by Gasteiger charge is -2.18. The summed E-state index contributed by atoms with van der Waals surface area (Å²) in [6, 6.07) is 4.47. The molecule has 0 aliphatic carbocycles. The molecule has 0 radical (unpaired) electrons. The highest BCUT2D eigenvalue weighted by atomic mass is 127. The number of ether oxygens (including phenoxy) is 1. The smallest absolute Gasteiger partial charge is 0.339 e. The molecule has 11 heteroatoms. The van der Waals surface area contributed by atoms with Crippen molar-refractivity contribution in [2.24, 2.45) is 4.99 Å². The number of urea groups is 1. The van der Waals surface area contributed by atoms with Gasteiger partial charge in [0.05, 0.1) is 16.7 Å². The number of alkyl halides is 1. The van der Waals surface area contributed by atoms with Gasteiger partial charge in [-0.05, 0) is 26.0 Å². The van der Waals surface area contributed by atoms with Crippen LogP contribution >= 0.6 is 20.7 Å². The summed E-state index contributed by atoms with van der Waals surface area (Å²) in [5.41, 5.74) is -0.166. The molecule has 0 spiro atoms. The average Bonchev–Trinajstić information content (AvgIpc) is 2.52. The normalized spacial score (nSPS) is 17.2. The number of aliphatic imine (C=N–C) groups is 1. The minimum absolute atomic E-state index is 0.0759. The van der Waals surface area contributed by atoms with Crippen molar-refractivity contribution >= 4 is 52.3 Å². The van der Waals surface area contributed by atoms with Crippen LogP contribution < -0.4 is 15.4 Å². The Balaban J connectivity index is 2.17. The number of guanidine groups is 1. The number of hydrogen-bond donors (Lipinski definition) is 3. The molecule has 1 aromatic carbocycles. The van der Waals surface area contributed by atoms with Crippen LogP contribution in [-0.4, -0.2) is 41.2 Å². The number of hydrogen-bond acceptors (Lipinski definition) is 7. The lowest BCUT2D eigenvalue weighted by atomic mass is 10.2. The van der Waals surface area contributed by atoms with Crippen molar-refractivity contribution in [1.82, 2.24) is 15.4 Å². The Labute approximate surface area is 155 Å². The highest BCUT2D eigenvalue weighted by molar-refractivity contribution is 14.2. The molecular formula is C14H17IN4O5S. The topological polar surface area (TPSA) is 126 Å². The molecule has 3 N–H and O–H groups in total. The first kappa shape index (κ1) is 19.3. The van der Waals surface area contributed by atoms with E-state index < -0.39 is 22.0 Å². The van der Waals surface area contributed by atoms with Crippen LogP contribution in [0.25, 0.3) is 0 Å². The van der Waals surface area contributed by atoms with Gasteiger partial charge in [-0.15, -0.1) is 0 Å². The molecule has 2 rings (SSSR count). The van der Waals surface area contributed by atoms with E-state index in [2.05, 4.69) is 20.4 Å². The Morgan fingerprint density at radius 3 is 2.64 bits per heavy atom. The van der Waals surface area contributed by atoms with Crippen LogP contribution in [-0.2, 0) is 14.8 Å². The molecule has 1 atom stereocenters. The summed E-state index contributed by atoms with van der Waals surface area (Å²) < 4.78 is 32.3. The van der Waals surface area contributed by atoms with Gasteiger partial charge in [0.1, 0.15) is 4.90 Å². The van der Waals surface area contributed by atoms with Gasteiger partial charge in [-0.1, -0.05) is 32.9 Å². The third-order valence-corrected chi connectivity index (χ3v) is 6.73. The van der Waals surface area contributed by atoms with Gasteiger partial charge in [0.25, 0.3) is 10.0 Å². The van der Waals surface area contributed by atoms with Crippen LogP contribution in [0.15, 0.2) is 34.2 Å². The van der Waals surface area contributed by atoms with Crippen molar-refractivity contribution in [2.45, 2.75) is 22.8 Å². The lowest BCUT2D eigenvalue weighted by Crippen LogP contribution is -2.49. The van der Waals surface area contributed by atoms with Crippen molar-refractivity contribution in [3.05, 3.63) is 29.8 Å². The third kappa shape index (κ3) is 4.98. The molecule has 2 amide bonds. The van der Waals surface area contributed by atoms with E-state index >= 15 is 0 Å². The highest BCUT2D eigenvalue weighted by Gasteiger charge is 2.25. The molecule has 0 saturated carbocycles. The molecular weight excluding hydrogens is 463 g/mol. The molecule has 0 bridgehead atoms. The van der Waals surface area contributed by atoms with Crippen molar-refractivity contribution in [3.63, 3.8) is 0 Å². The van der Waals surface area contributed by atoms with Gasteiger partial charge in [-0.3, -0.25) is 5.32 Å². The zero-order valence-electron chi connectivity index (χ0n) is 13.7. The van der Waals surface area contributed by atoms with E-state index in [1.807, 2.05) is 18.6 Å². The van der Waals surface area contributed by atoms with E-state index in [4.69, 9.17) is 0 Å². The highest BCUT2D eigenvalue weighted by Crippen LogP contribution is 2.16. The molecule has 0 saturated heterocycles. The van der Waals surface area contributed by atoms with E-state index in [0.717, 1.165) is 10.7 Å². The van der Waals surface area contributed by atoms with Crippen molar-refractivity contribution in [3.8, 4) is 0 Å². The molecule has 1 aliphatic rings. The second kappa shape index (κ2) is 7.91. The molecule has 1 aliphatic heterocycles. The fraction of sp³-hybridized carbons (Fsp3) is 0.286. The predicted molar refractivity (Wildman–Crippen MR) is 101 cm³/mol. The van der Waals surface area contributed by atoms with Crippen LogP contribution in [0.1, 0.15) is 24.2 Å². The maximum absolute atomic E-state index is 12.4. The number of nitrogens with one attached hydrogen (secondary N) is 3. The van der Waals surface area contributed by atoms with Crippen LogP contribution in [0.2, 0.25) is 0 Å². The van der Waals surface area contributed by atoms with Crippen molar-refractivity contribution < 1.29 is 22.7 Å². The van der Waals surface area contributed by atoms with Gasteiger partial charge in [0.2, 0.25) is 5.96 Å². The summed E-state index contributed by atoms with van der Waals surface area (Å²) in [6.45, 7) is 3.81. The summed E-state index contributed by atoms with van der Waals surface area (Å²) >= 11 is -0.266. The first-order valence-electron chi connectivity index (χ1n) is 7.06. The summed E-state index contributed by atoms with van der Waals surface area (Å²) in [5.74, 6) is -0.632. The van der Waals surface area contributed by atoms with Gasteiger partial charge in [0.15, 0.2) is 0 Å². The Bertz CT molecular complexity index is 866. The average molecular weight is 480 g/mol. The monoisotopic (exact) mass is 480 g/mol. The maximum Gasteiger partial charge on any atom is 0.339 e. The number of halogens is 1. The quantitative estimate of drug-likeness (QED) is 0.255. The molecule has 25 heavy (non-hydrogen) atoms. The molecule has 1 aromatic rings. The van der Waals surface area contributed by atoms with E-state index in [1.165, 1.54) is 24.3 Å². The number of esters is 1. The van der Waals surface area contributed by atoms with Gasteiger partial charge < -0.3 is 10.1 Å². The summed E-state index contributed by atoms with van der Waals surface area (Å²) in [4.78, 5) is 27.6. The number of rotatable bonds is 3.